The van der Waals surface area contributed by atoms with Gasteiger partial charge >= 0.3 is 0 Å². The molecule has 0 aliphatic carbocycles. The Balaban J connectivity index is 2.07. The fourth-order valence-corrected chi connectivity index (χ4v) is 2.42. The van der Waals surface area contributed by atoms with Gasteiger partial charge in [-0.1, -0.05) is 23.4 Å². The zero-order valence-corrected chi connectivity index (χ0v) is 9.85. The summed E-state index contributed by atoms with van der Waals surface area (Å²) in [6.45, 7) is 1.95. The maximum absolute atomic E-state index is 5.88. The highest BCUT2D eigenvalue weighted by Gasteiger charge is 2.20. The molecular formula is C9H11ClN2O2S. The van der Waals surface area contributed by atoms with Crippen molar-refractivity contribution in [2.24, 2.45) is 0 Å². The van der Waals surface area contributed by atoms with Crippen LogP contribution >= 0.6 is 23.4 Å². The van der Waals surface area contributed by atoms with E-state index in [0.29, 0.717) is 22.8 Å². The Hall–Kier alpha value is -0.360. The van der Waals surface area contributed by atoms with E-state index in [1.165, 1.54) is 0 Å². The molecule has 6 heteroatoms. The zero-order chi connectivity index (χ0) is 10.7. The predicted molar refractivity (Wildman–Crippen MR) is 58.2 cm³/mol. The number of methoxy groups -OCH3 is 1. The number of halogens is 1. The summed E-state index contributed by atoms with van der Waals surface area (Å²) < 4.78 is 10.1. The van der Waals surface area contributed by atoms with Gasteiger partial charge < -0.3 is 9.47 Å². The lowest BCUT2D eigenvalue weighted by Gasteiger charge is -2.24. The Morgan fingerprint density at radius 2 is 2.40 bits per heavy atom. The summed E-state index contributed by atoms with van der Waals surface area (Å²) in [4.78, 5) is 8.39. The average Bonchev–Trinajstić information content (AvgIpc) is 2.11. The van der Waals surface area contributed by atoms with Gasteiger partial charge in [0.1, 0.15) is 16.8 Å². The van der Waals surface area contributed by atoms with Crippen LogP contribution in [0.1, 0.15) is 5.82 Å². The van der Waals surface area contributed by atoms with Gasteiger partial charge in [-0.3, -0.25) is 0 Å². The largest absolute Gasteiger partial charge is 0.379 e. The summed E-state index contributed by atoms with van der Waals surface area (Å²) in [5.41, 5.74) is 0. The smallest absolute Gasteiger partial charge is 0.156 e. The van der Waals surface area contributed by atoms with Crippen LogP contribution in [0.4, 0.5) is 0 Å². The monoisotopic (exact) mass is 246 g/mol. The average molecular weight is 247 g/mol. The third-order valence-corrected chi connectivity index (χ3v) is 3.14. The molecule has 4 nitrogen and oxygen atoms in total. The highest BCUT2D eigenvalue weighted by molar-refractivity contribution is 8.00. The summed E-state index contributed by atoms with van der Waals surface area (Å²) in [7, 11) is 1.61. The van der Waals surface area contributed by atoms with Crippen LogP contribution in [0.5, 0.6) is 0 Å². The van der Waals surface area contributed by atoms with Gasteiger partial charge in [0.05, 0.1) is 18.5 Å². The fourth-order valence-electron chi connectivity index (χ4n) is 1.15. The standard InChI is InChI=1S/C9H11ClN2O2S/c1-13-5-8-11-7(10)2-9(12-8)15-6-3-14-4-6/h2,6H,3-5H2,1H3. The van der Waals surface area contributed by atoms with Gasteiger partial charge in [-0.2, -0.15) is 0 Å². The van der Waals surface area contributed by atoms with E-state index in [9.17, 15) is 0 Å². The molecule has 0 aromatic carbocycles. The molecule has 1 saturated heterocycles. The van der Waals surface area contributed by atoms with Crippen molar-refractivity contribution in [1.82, 2.24) is 9.97 Å². The Kier molecular flexibility index (Phi) is 3.80. The molecule has 0 saturated carbocycles. The Morgan fingerprint density at radius 1 is 1.60 bits per heavy atom. The van der Waals surface area contributed by atoms with E-state index in [0.717, 1.165) is 18.2 Å². The van der Waals surface area contributed by atoms with Crippen molar-refractivity contribution in [3.8, 4) is 0 Å². The van der Waals surface area contributed by atoms with E-state index in [1.807, 2.05) is 0 Å². The summed E-state index contributed by atoms with van der Waals surface area (Å²) in [5.74, 6) is 0.618. The first-order valence-electron chi connectivity index (χ1n) is 4.54. The van der Waals surface area contributed by atoms with Gasteiger partial charge in [-0.25, -0.2) is 9.97 Å². The van der Waals surface area contributed by atoms with E-state index in [4.69, 9.17) is 21.1 Å². The first-order valence-corrected chi connectivity index (χ1v) is 5.80. The predicted octanol–water partition coefficient (Wildman–Crippen LogP) is 1.77. The first-order chi connectivity index (χ1) is 7.28. The number of hydrogen-bond acceptors (Lipinski definition) is 5. The number of rotatable bonds is 4. The van der Waals surface area contributed by atoms with E-state index in [1.54, 1.807) is 24.9 Å². The van der Waals surface area contributed by atoms with Crippen LogP contribution in [0.25, 0.3) is 0 Å². The number of ether oxygens (including phenoxy) is 2. The lowest BCUT2D eigenvalue weighted by Crippen LogP contribution is -2.30. The summed E-state index contributed by atoms with van der Waals surface area (Å²) >= 11 is 7.55. The molecule has 0 radical (unpaired) electrons. The second kappa shape index (κ2) is 5.12. The van der Waals surface area contributed by atoms with Crippen LogP contribution in [0, 0.1) is 0 Å². The van der Waals surface area contributed by atoms with Crippen molar-refractivity contribution in [3.63, 3.8) is 0 Å². The molecule has 1 aliphatic heterocycles. The van der Waals surface area contributed by atoms with Crippen LogP contribution in [0.2, 0.25) is 5.15 Å². The quantitative estimate of drug-likeness (QED) is 0.758. The first kappa shape index (κ1) is 11.1. The molecule has 1 aromatic heterocycles. The van der Waals surface area contributed by atoms with Crippen molar-refractivity contribution in [2.75, 3.05) is 20.3 Å². The molecular weight excluding hydrogens is 236 g/mol. The number of thioether (sulfide) groups is 1. The highest BCUT2D eigenvalue weighted by atomic mass is 35.5. The van der Waals surface area contributed by atoms with Crippen LogP contribution in [-0.4, -0.2) is 35.5 Å². The summed E-state index contributed by atoms with van der Waals surface area (Å²) in [6.07, 6.45) is 0. The SMILES string of the molecule is COCc1nc(Cl)cc(SC2COC2)n1. The van der Waals surface area contributed by atoms with Gasteiger partial charge in [0, 0.05) is 13.2 Å². The molecule has 0 atom stereocenters. The minimum absolute atomic E-state index is 0.384. The third-order valence-electron chi connectivity index (χ3n) is 1.89. The van der Waals surface area contributed by atoms with E-state index in [2.05, 4.69) is 9.97 Å². The number of aromatic nitrogens is 2. The maximum atomic E-state index is 5.88. The molecule has 1 fully saturated rings. The molecule has 0 spiro atoms. The molecule has 0 N–H and O–H groups in total. The molecule has 0 bridgehead atoms. The molecule has 2 rings (SSSR count). The van der Waals surface area contributed by atoms with Gasteiger partial charge in [0.25, 0.3) is 0 Å². The number of hydrogen-bond donors (Lipinski definition) is 0. The fraction of sp³-hybridized carbons (Fsp3) is 0.556. The molecule has 15 heavy (non-hydrogen) atoms. The van der Waals surface area contributed by atoms with Crippen molar-refractivity contribution in [2.45, 2.75) is 16.9 Å². The minimum atomic E-state index is 0.384. The van der Waals surface area contributed by atoms with Crippen LogP contribution in [-0.2, 0) is 16.1 Å². The van der Waals surface area contributed by atoms with Crippen molar-refractivity contribution in [3.05, 3.63) is 17.0 Å². The lowest BCUT2D eigenvalue weighted by atomic mass is 10.4. The van der Waals surface area contributed by atoms with Crippen molar-refractivity contribution < 1.29 is 9.47 Å². The number of nitrogens with zero attached hydrogens (tertiary/aromatic N) is 2. The van der Waals surface area contributed by atoms with Crippen LogP contribution < -0.4 is 0 Å². The molecule has 82 valence electrons. The third kappa shape index (κ3) is 3.04. The molecule has 1 aromatic rings. The van der Waals surface area contributed by atoms with E-state index >= 15 is 0 Å². The maximum Gasteiger partial charge on any atom is 0.156 e. The topological polar surface area (TPSA) is 44.2 Å². The normalized spacial score (nSPS) is 16.4. The highest BCUT2D eigenvalue weighted by Crippen LogP contribution is 2.27. The Labute approximate surface area is 97.3 Å². The minimum Gasteiger partial charge on any atom is -0.379 e. The van der Waals surface area contributed by atoms with Crippen molar-refractivity contribution in [1.29, 1.82) is 0 Å². The molecule has 0 unspecified atom stereocenters. The lowest BCUT2D eigenvalue weighted by molar-refractivity contribution is 0.0454. The summed E-state index contributed by atoms with van der Waals surface area (Å²) in [5, 5.41) is 1.83. The van der Waals surface area contributed by atoms with Gasteiger partial charge in [0.15, 0.2) is 5.82 Å². The summed E-state index contributed by atoms with van der Waals surface area (Å²) in [6, 6.07) is 1.77. The van der Waals surface area contributed by atoms with E-state index in [-0.39, 0.29) is 0 Å². The molecule has 1 aliphatic rings. The van der Waals surface area contributed by atoms with Crippen molar-refractivity contribution >= 4 is 23.4 Å². The second-order valence-electron chi connectivity index (χ2n) is 3.16. The van der Waals surface area contributed by atoms with Gasteiger partial charge in [-0.05, 0) is 0 Å². The van der Waals surface area contributed by atoms with Crippen LogP contribution in [0.15, 0.2) is 11.1 Å². The van der Waals surface area contributed by atoms with Gasteiger partial charge in [-0.15, -0.1) is 0 Å². The molecule has 2 heterocycles. The van der Waals surface area contributed by atoms with Gasteiger partial charge in [0.2, 0.25) is 0 Å². The zero-order valence-electron chi connectivity index (χ0n) is 8.27. The van der Waals surface area contributed by atoms with Crippen LogP contribution in [0.3, 0.4) is 0 Å². The Morgan fingerprint density at radius 3 is 3.00 bits per heavy atom. The second-order valence-corrected chi connectivity index (χ2v) is 4.86. The van der Waals surface area contributed by atoms with E-state index < -0.39 is 0 Å². The Bertz CT molecular complexity index is 347. The molecule has 0 amide bonds.